The van der Waals surface area contributed by atoms with E-state index in [1.165, 1.54) is 24.8 Å². The van der Waals surface area contributed by atoms with E-state index in [9.17, 15) is 9.90 Å². The van der Waals surface area contributed by atoms with Gasteiger partial charge in [0, 0.05) is 19.1 Å². The van der Waals surface area contributed by atoms with Gasteiger partial charge in [0.05, 0.1) is 7.11 Å². The molecule has 4 bridgehead atoms. The zero-order valence-corrected chi connectivity index (χ0v) is 16.0. The van der Waals surface area contributed by atoms with Gasteiger partial charge in [0.15, 0.2) is 0 Å². The van der Waals surface area contributed by atoms with Gasteiger partial charge in [-0.2, -0.15) is 0 Å². The Kier molecular flexibility index (Phi) is 4.89. The molecule has 1 aromatic carbocycles. The first-order valence-electron chi connectivity index (χ1n) is 10.1. The molecule has 3 unspecified atom stereocenters. The average Bonchev–Trinajstić information content (AvgIpc) is 2.66. The van der Waals surface area contributed by atoms with Gasteiger partial charge in [0.2, 0.25) is 0 Å². The fraction of sp³-hybridized carbons (Fsp3) is 0.591. The first-order chi connectivity index (χ1) is 13.1. The van der Waals surface area contributed by atoms with Crippen LogP contribution in [-0.4, -0.2) is 42.3 Å². The maximum Gasteiger partial charge on any atom is 0.407 e. The molecule has 5 heteroatoms. The molecule has 0 saturated heterocycles. The van der Waals surface area contributed by atoms with Crippen molar-refractivity contribution in [2.24, 2.45) is 23.5 Å². The Hall–Kier alpha value is -2.01. The minimum atomic E-state index is -0.798. The summed E-state index contributed by atoms with van der Waals surface area (Å²) in [4.78, 5) is 13.7. The molecule has 0 spiro atoms. The van der Waals surface area contributed by atoms with Crippen molar-refractivity contribution in [2.75, 3.05) is 20.2 Å². The third-order valence-electron chi connectivity index (χ3n) is 7.14. The van der Waals surface area contributed by atoms with Crippen molar-refractivity contribution in [3.8, 4) is 5.75 Å². The quantitative estimate of drug-likeness (QED) is 0.750. The minimum absolute atomic E-state index is 0.146. The summed E-state index contributed by atoms with van der Waals surface area (Å²) in [5.74, 6) is 2.54. The Labute approximate surface area is 161 Å². The van der Waals surface area contributed by atoms with Crippen LogP contribution in [-0.2, 0) is 5.41 Å². The Morgan fingerprint density at radius 2 is 1.89 bits per heavy atom. The number of rotatable bonds is 6. The molecule has 146 valence electrons. The standard InChI is InChI=1S/C22H30N2O3/c1-27-19-6-4-18(5-7-19)22-12-15-10-16(13-22)20(17(11-15)14-22)24(21(25)26)9-3-2-8-23/h2-7,15-17,20H,8-14,23H2,1H3,(H,25,26)/b3-2+/t15?,16-,17+,20?,22?. The van der Waals surface area contributed by atoms with Gasteiger partial charge in [-0.25, -0.2) is 4.79 Å². The second-order valence-electron chi connectivity index (χ2n) is 8.61. The van der Waals surface area contributed by atoms with Gasteiger partial charge in [0.25, 0.3) is 0 Å². The van der Waals surface area contributed by atoms with Gasteiger partial charge >= 0.3 is 6.09 Å². The lowest BCUT2D eigenvalue weighted by atomic mass is 9.46. The number of hydrogen-bond donors (Lipinski definition) is 2. The SMILES string of the molecule is COc1ccc(C23CC4C[C@H](C2)C(N(C/C=C/CN)C(=O)O)[C@@H](C4)C3)cc1. The number of hydrogen-bond acceptors (Lipinski definition) is 3. The van der Waals surface area contributed by atoms with Gasteiger partial charge in [0.1, 0.15) is 5.75 Å². The number of nitrogens with zero attached hydrogens (tertiary/aromatic N) is 1. The lowest BCUT2D eigenvalue weighted by Crippen LogP contribution is -2.61. The fourth-order valence-electron chi connectivity index (χ4n) is 6.42. The highest BCUT2D eigenvalue weighted by atomic mass is 16.5. The van der Waals surface area contributed by atoms with E-state index in [0.29, 0.717) is 24.9 Å². The van der Waals surface area contributed by atoms with Crippen molar-refractivity contribution < 1.29 is 14.6 Å². The monoisotopic (exact) mass is 370 g/mol. The average molecular weight is 370 g/mol. The van der Waals surface area contributed by atoms with E-state index in [0.717, 1.165) is 24.5 Å². The van der Waals surface area contributed by atoms with E-state index in [-0.39, 0.29) is 11.5 Å². The molecule has 5 rings (SSSR count). The van der Waals surface area contributed by atoms with Crippen LogP contribution in [0.5, 0.6) is 5.75 Å². The van der Waals surface area contributed by atoms with Crippen LogP contribution < -0.4 is 10.5 Å². The van der Waals surface area contributed by atoms with Crippen molar-refractivity contribution in [1.82, 2.24) is 4.90 Å². The minimum Gasteiger partial charge on any atom is -0.497 e. The van der Waals surface area contributed by atoms with Crippen molar-refractivity contribution in [3.63, 3.8) is 0 Å². The van der Waals surface area contributed by atoms with Crippen molar-refractivity contribution in [2.45, 2.75) is 43.6 Å². The van der Waals surface area contributed by atoms with Crippen LogP contribution in [0.15, 0.2) is 36.4 Å². The Bertz CT molecular complexity index is 699. The number of amides is 1. The number of methoxy groups -OCH3 is 1. The Morgan fingerprint density at radius 1 is 1.22 bits per heavy atom. The first kappa shape index (κ1) is 18.4. The predicted octanol–water partition coefficient (Wildman–Crippen LogP) is 3.64. The molecular formula is C22H30N2O3. The number of carboxylic acid groups (broad SMARTS) is 1. The van der Waals surface area contributed by atoms with E-state index in [4.69, 9.17) is 10.5 Å². The Balaban J connectivity index is 1.59. The first-order valence-corrected chi connectivity index (χ1v) is 10.1. The molecule has 1 amide bonds. The van der Waals surface area contributed by atoms with Crippen LogP contribution in [0.3, 0.4) is 0 Å². The van der Waals surface area contributed by atoms with Crippen molar-refractivity contribution >= 4 is 6.09 Å². The highest BCUT2D eigenvalue weighted by molar-refractivity contribution is 5.66. The van der Waals surface area contributed by atoms with E-state index in [2.05, 4.69) is 24.3 Å². The fourth-order valence-corrected chi connectivity index (χ4v) is 6.42. The second kappa shape index (κ2) is 7.19. The molecule has 4 aliphatic carbocycles. The smallest absolute Gasteiger partial charge is 0.407 e. The summed E-state index contributed by atoms with van der Waals surface area (Å²) >= 11 is 0. The van der Waals surface area contributed by atoms with E-state index >= 15 is 0 Å². The lowest BCUT2D eigenvalue weighted by Gasteiger charge is -2.61. The normalized spacial score (nSPS) is 34.1. The highest BCUT2D eigenvalue weighted by Gasteiger charge is 2.57. The molecule has 0 aliphatic heterocycles. The number of ether oxygens (including phenoxy) is 1. The Morgan fingerprint density at radius 3 is 2.44 bits per heavy atom. The van der Waals surface area contributed by atoms with Crippen LogP contribution in [0.25, 0.3) is 0 Å². The summed E-state index contributed by atoms with van der Waals surface area (Å²) in [6.45, 7) is 0.901. The molecule has 4 aliphatic rings. The third-order valence-corrected chi connectivity index (χ3v) is 7.14. The summed E-state index contributed by atoms with van der Waals surface area (Å²) < 4.78 is 5.32. The second-order valence-corrected chi connectivity index (χ2v) is 8.61. The number of benzene rings is 1. The molecule has 5 nitrogen and oxygen atoms in total. The highest BCUT2D eigenvalue weighted by Crippen LogP contribution is 2.61. The largest absolute Gasteiger partial charge is 0.497 e. The third kappa shape index (κ3) is 3.22. The molecule has 27 heavy (non-hydrogen) atoms. The molecule has 0 radical (unpaired) electrons. The maximum absolute atomic E-state index is 12.0. The van der Waals surface area contributed by atoms with Crippen LogP contribution in [0.4, 0.5) is 4.79 Å². The summed E-state index contributed by atoms with van der Waals surface area (Å²) in [5, 5.41) is 9.84. The van der Waals surface area contributed by atoms with E-state index in [1.54, 1.807) is 12.0 Å². The van der Waals surface area contributed by atoms with Crippen molar-refractivity contribution in [1.29, 1.82) is 0 Å². The van der Waals surface area contributed by atoms with Crippen molar-refractivity contribution in [3.05, 3.63) is 42.0 Å². The molecule has 0 aromatic heterocycles. The molecule has 3 N–H and O–H groups in total. The maximum atomic E-state index is 12.0. The predicted molar refractivity (Wildman–Crippen MR) is 105 cm³/mol. The van der Waals surface area contributed by atoms with Gasteiger partial charge in [-0.1, -0.05) is 24.3 Å². The molecule has 4 saturated carbocycles. The summed E-state index contributed by atoms with van der Waals surface area (Å²) in [5.41, 5.74) is 7.15. The van der Waals surface area contributed by atoms with Gasteiger partial charge < -0.3 is 20.5 Å². The molecule has 1 aromatic rings. The van der Waals surface area contributed by atoms with Crippen LogP contribution in [0.1, 0.15) is 37.7 Å². The number of nitrogens with two attached hydrogens (primary N) is 1. The van der Waals surface area contributed by atoms with Gasteiger partial charge in [-0.3, -0.25) is 0 Å². The zero-order valence-electron chi connectivity index (χ0n) is 16.0. The lowest BCUT2D eigenvalue weighted by molar-refractivity contribution is -0.0704. The van der Waals surface area contributed by atoms with Crippen LogP contribution in [0.2, 0.25) is 0 Å². The molecular weight excluding hydrogens is 340 g/mol. The van der Waals surface area contributed by atoms with E-state index in [1.807, 2.05) is 12.2 Å². The number of carbonyl (C=O) groups is 1. The van der Waals surface area contributed by atoms with Gasteiger partial charge in [-0.05, 0) is 73.0 Å². The topological polar surface area (TPSA) is 75.8 Å². The molecule has 4 fully saturated rings. The van der Waals surface area contributed by atoms with Crippen LogP contribution in [0, 0.1) is 17.8 Å². The summed E-state index contributed by atoms with van der Waals surface area (Å²) in [6, 6.07) is 8.71. The molecule has 0 heterocycles. The zero-order chi connectivity index (χ0) is 19.0. The van der Waals surface area contributed by atoms with Crippen LogP contribution >= 0.6 is 0 Å². The van der Waals surface area contributed by atoms with Gasteiger partial charge in [-0.15, -0.1) is 0 Å². The van der Waals surface area contributed by atoms with E-state index < -0.39 is 6.09 Å². The molecule has 5 atom stereocenters. The summed E-state index contributed by atoms with van der Waals surface area (Å²) in [6.07, 6.45) is 8.74. The summed E-state index contributed by atoms with van der Waals surface area (Å²) in [7, 11) is 1.70.